The number of benzene rings is 2. The van der Waals surface area contributed by atoms with Crippen LogP contribution in [0, 0.1) is 0 Å². The van der Waals surface area contributed by atoms with Crippen LogP contribution in [0.3, 0.4) is 0 Å². The van der Waals surface area contributed by atoms with Gasteiger partial charge < -0.3 is 0 Å². The molecule has 2 aromatic carbocycles. The van der Waals surface area contributed by atoms with Crippen LogP contribution in [0.2, 0.25) is 0 Å². The molecule has 78 valence electrons. The van der Waals surface area contributed by atoms with Crippen molar-refractivity contribution in [2.45, 2.75) is 0 Å². The third-order valence-electron chi connectivity index (χ3n) is 2.74. The van der Waals surface area contributed by atoms with Gasteiger partial charge in [-0.1, -0.05) is 18.2 Å². The van der Waals surface area contributed by atoms with Gasteiger partial charge in [0, 0.05) is 25.5 Å². The lowest BCUT2D eigenvalue weighted by Crippen LogP contribution is -2.06. The van der Waals surface area contributed by atoms with Gasteiger partial charge in [0.25, 0.3) is 0 Å². The quantitative estimate of drug-likeness (QED) is 0.685. The van der Waals surface area contributed by atoms with Gasteiger partial charge in [-0.25, -0.2) is 0 Å². The molecule has 0 saturated heterocycles. The first-order chi connectivity index (χ1) is 7.61. The highest BCUT2D eigenvalue weighted by Gasteiger charge is 2.33. The molecule has 0 radical (unpaired) electrons. The van der Waals surface area contributed by atoms with E-state index in [9.17, 15) is 9.59 Å². The number of carbonyl (C=O) groups excluding carboxylic acids is 2. The molecule has 1 aliphatic carbocycles. The number of Topliss-reactive ketones (excluding diaryl/α,β-unsaturated/α-hetero) is 2. The van der Waals surface area contributed by atoms with Gasteiger partial charge in [-0.05, 0) is 43.3 Å². The van der Waals surface area contributed by atoms with Crippen LogP contribution in [0.15, 0.2) is 33.2 Å². The van der Waals surface area contributed by atoms with Gasteiger partial charge in [-0.15, -0.1) is 0 Å². The minimum Gasteiger partial charge on any atom is -0.285 e. The smallest absolute Gasteiger partial charge is 0.235 e. The predicted octanol–water partition coefficient (Wildman–Crippen LogP) is 3.74. The van der Waals surface area contributed by atoms with Gasteiger partial charge in [0.05, 0.1) is 0 Å². The Labute approximate surface area is 108 Å². The average Bonchev–Trinajstić information content (AvgIpc) is 2.52. The highest BCUT2D eigenvalue weighted by molar-refractivity contribution is 9.13. The van der Waals surface area contributed by atoms with E-state index in [-0.39, 0.29) is 0 Å². The van der Waals surface area contributed by atoms with E-state index in [1.54, 1.807) is 12.1 Å². The number of hydrogen-bond acceptors (Lipinski definition) is 2. The Balaban J connectivity index is 2.63. The summed E-state index contributed by atoms with van der Waals surface area (Å²) < 4.78 is 1.44. The molecule has 0 unspecified atom stereocenters. The van der Waals surface area contributed by atoms with Gasteiger partial charge in [-0.2, -0.15) is 0 Å². The SMILES string of the molecule is O=C1C(=O)c2c(Br)c(Br)cc3cccc1c23. The number of carbonyl (C=O) groups is 2. The molecule has 0 bridgehead atoms. The lowest BCUT2D eigenvalue weighted by molar-refractivity contribution is 0.0825. The van der Waals surface area contributed by atoms with E-state index in [0.29, 0.717) is 15.6 Å². The van der Waals surface area contributed by atoms with E-state index in [4.69, 9.17) is 0 Å². The van der Waals surface area contributed by atoms with Crippen molar-refractivity contribution >= 4 is 54.2 Å². The van der Waals surface area contributed by atoms with Crippen molar-refractivity contribution < 1.29 is 9.59 Å². The minimum absolute atomic E-state index is 0.417. The highest BCUT2D eigenvalue weighted by Crippen LogP contribution is 2.39. The molecular weight excluding hydrogens is 336 g/mol. The van der Waals surface area contributed by atoms with Crippen molar-refractivity contribution in [3.05, 3.63) is 44.3 Å². The van der Waals surface area contributed by atoms with Gasteiger partial charge in [0.15, 0.2) is 0 Å². The maximum absolute atomic E-state index is 11.8. The molecule has 0 N–H and O–H groups in total. The molecule has 4 heteroatoms. The molecule has 0 fully saturated rings. The molecule has 0 atom stereocenters. The molecule has 0 heterocycles. The molecule has 2 nitrogen and oxygen atoms in total. The first-order valence-electron chi connectivity index (χ1n) is 4.61. The second-order valence-corrected chi connectivity index (χ2v) is 5.26. The van der Waals surface area contributed by atoms with Gasteiger partial charge >= 0.3 is 0 Å². The molecule has 0 aromatic heterocycles. The molecule has 0 aliphatic heterocycles. The number of halogens is 2. The summed E-state index contributed by atoms with van der Waals surface area (Å²) in [6, 6.07) is 7.28. The third kappa shape index (κ3) is 1.11. The zero-order valence-corrected chi connectivity index (χ0v) is 11.1. The monoisotopic (exact) mass is 338 g/mol. The van der Waals surface area contributed by atoms with E-state index >= 15 is 0 Å². The van der Waals surface area contributed by atoms with Crippen LogP contribution in [-0.4, -0.2) is 11.6 Å². The summed E-state index contributed by atoms with van der Waals surface area (Å²) in [5.41, 5.74) is 0.982. The van der Waals surface area contributed by atoms with Crippen LogP contribution in [-0.2, 0) is 0 Å². The highest BCUT2D eigenvalue weighted by atomic mass is 79.9. The zero-order chi connectivity index (χ0) is 11.4. The third-order valence-corrected chi connectivity index (χ3v) is 4.72. The molecule has 0 saturated carbocycles. The first-order valence-corrected chi connectivity index (χ1v) is 6.19. The summed E-state index contributed by atoms with van der Waals surface area (Å²) in [7, 11) is 0. The Hall–Kier alpha value is -1.00. The number of hydrogen-bond donors (Lipinski definition) is 0. The summed E-state index contributed by atoms with van der Waals surface area (Å²) in [6.07, 6.45) is 0. The largest absolute Gasteiger partial charge is 0.285 e. The second kappa shape index (κ2) is 3.25. The van der Waals surface area contributed by atoms with Gasteiger partial charge in [0.2, 0.25) is 11.6 Å². The Morgan fingerprint density at radius 3 is 2.50 bits per heavy atom. The van der Waals surface area contributed by atoms with Crippen LogP contribution in [0.5, 0.6) is 0 Å². The van der Waals surface area contributed by atoms with Crippen molar-refractivity contribution in [3.8, 4) is 0 Å². The fourth-order valence-electron chi connectivity index (χ4n) is 2.04. The molecule has 3 rings (SSSR count). The zero-order valence-electron chi connectivity index (χ0n) is 7.88. The van der Waals surface area contributed by atoms with Gasteiger partial charge in [0.1, 0.15) is 0 Å². The fourth-order valence-corrected chi connectivity index (χ4v) is 2.97. The summed E-state index contributed by atoms with van der Waals surface area (Å²) in [5.74, 6) is -0.848. The van der Waals surface area contributed by atoms with E-state index in [0.717, 1.165) is 15.2 Å². The van der Waals surface area contributed by atoms with E-state index in [1.807, 2.05) is 12.1 Å². The molecule has 2 aromatic rings. The van der Waals surface area contributed by atoms with Crippen LogP contribution in [0.4, 0.5) is 0 Å². The van der Waals surface area contributed by atoms with Crippen LogP contribution in [0.1, 0.15) is 20.7 Å². The van der Waals surface area contributed by atoms with Crippen molar-refractivity contribution in [3.63, 3.8) is 0 Å². The Bertz CT molecular complexity index is 674. The summed E-state index contributed by atoms with van der Waals surface area (Å²) in [5, 5.41) is 1.66. The Morgan fingerprint density at radius 1 is 1.00 bits per heavy atom. The summed E-state index contributed by atoms with van der Waals surface area (Å²) >= 11 is 6.71. The Morgan fingerprint density at radius 2 is 1.75 bits per heavy atom. The van der Waals surface area contributed by atoms with Gasteiger partial charge in [-0.3, -0.25) is 9.59 Å². The molecular formula is C12H4Br2O2. The molecule has 16 heavy (non-hydrogen) atoms. The van der Waals surface area contributed by atoms with Crippen LogP contribution < -0.4 is 0 Å². The lowest BCUT2D eigenvalue weighted by Gasteiger charge is -2.04. The topological polar surface area (TPSA) is 34.1 Å². The standard InChI is InChI=1S/C12H4Br2O2/c13-7-4-5-2-1-3-6-8(5)9(10(7)14)12(16)11(6)15/h1-4H. The van der Waals surface area contributed by atoms with Crippen LogP contribution in [0.25, 0.3) is 10.8 Å². The first kappa shape index (κ1) is 10.2. The molecule has 1 aliphatic rings. The van der Waals surface area contributed by atoms with Crippen molar-refractivity contribution in [2.75, 3.05) is 0 Å². The fraction of sp³-hybridized carbons (Fsp3) is 0. The van der Waals surface area contributed by atoms with Crippen molar-refractivity contribution in [2.24, 2.45) is 0 Å². The Kier molecular flexibility index (Phi) is 2.06. The predicted molar refractivity (Wildman–Crippen MR) is 68.0 cm³/mol. The minimum atomic E-state index is -0.431. The van der Waals surface area contributed by atoms with E-state index in [1.165, 1.54) is 0 Å². The van der Waals surface area contributed by atoms with Crippen molar-refractivity contribution in [1.29, 1.82) is 0 Å². The second-order valence-electron chi connectivity index (χ2n) is 3.61. The lowest BCUT2D eigenvalue weighted by atomic mass is 10.1. The van der Waals surface area contributed by atoms with Crippen molar-refractivity contribution in [1.82, 2.24) is 0 Å². The van der Waals surface area contributed by atoms with E-state index in [2.05, 4.69) is 31.9 Å². The number of rotatable bonds is 0. The maximum atomic E-state index is 11.8. The normalized spacial score (nSPS) is 13.9. The molecule has 0 amide bonds. The average molecular weight is 340 g/mol. The maximum Gasteiger partial charge on any atom is 0.235 e. The summed E-state index contributed by atoms with van der Waals surface area (Å²) in [6.45, 7) is 0. The number of ketones is 2. The van der Waals surface area contributed by atoms with Crippen LogP contribution >= 0.6 is 31.9 Å². The molecule has 0 spiro atoms. The summed E-state index contributed by atoms with van der Waals surface area (Å²) in [4.78, 5) is 23.6. The van der Waals surface area contributed by atoms with E-state index < -0.39 is 11.6 Å².